The van der Waals surface area contributed by atoms with Crippen LogP contribution in [-0.4, -0.2) is 50.1 Å². The van der Waals surface area contributed by atoms with Crippen LogP contribution in [0.25, 0.3) is 0 Å². The summed E-state index contributed by atoms with van der Waals surface area (Å²) in [5, 5.41) is 0. The zero-order valence-electron chi connectivity index (χ0n) is 13.5. The number of piperidine rings is 1. The van der Waals surface area contributed by atoms with E-state index in [-0.39, 0.29) is 11.9 Å². The molecule has 118 valence electrons. The summed E-state index contributed by atoms with van der Waals surface area (Å²) in [7, 11) is 4.29. The number of rotatable bonds is 5. The monoisotopic (exact) mass is 293 g/mol. The van der Waals surface area contributed by atoms with Crippen molar-refractivity contribution in [3.8, 4) is 0 Å². The molecule has 1 aromatic carbocycles. The highest BCUT2D eigenvalue weighted by Crippen LogP contribution is 2.26. The van der Waals surface area contributed by atoms with E-state index in [9.17, 15) is 4.39 Å². The Morgan fingerprint density at radius 1 is 1.38 bits per heavy atom. The van der Waals surface area contributed by atoms with Gasteiger partial charge in [0.1, 0.15) is 5.82 Å². The van der Waals surface area contributed by atoms with Crippen molar-refractivity contribution in [3.05, 3.63) is 35.1 Å². The zero-order valence-corrected chi connectivity index (χ0v) is 13.5. The SMILES string of the molecule is Cc1ccc(F)cc1C(CN)N(C)CC1CCN(C)CC1. The molecule has 0 aromatic heterocycles. The minimum Gasteiger partial charge on any atom is -0.329 e. The number of likely N-dealkylation sites (N-methyl/N-ethyl adjacent to an activating group) is 1. The van der Waals surface area contributed by atoms with Crippen LogP contribution in [-0.2, 0) is 0 Å². The lowest BCUT2D eigenvalue weighted by Gasteiger charge is -2.35. The van der Waals surface area contributed by atoms with E-state index in [4.69, 9.17) is 5.73 Å². The largest absolute Gasteiger partial charge is 0.329 e. The Hall–Kier alpha value is -0.970. The molecule has 3 nitrogen and oxygen atoms in total. The molecule has 2 rings (SSSR count). The molecule has 1 aliphatic heterocycles. The second-order valence-corrected chi connectivity index (χ2v) is 6.44. The first-order valence-electron chi connectivity index (χ1n) is 7.86. The topological polar surface area (TPSA) is 32.5 Å². The molecule has 1 aromatic rings. The van der Waals surface area contributed by atoms with Gasteiger partial charge in [0.15, 0.2) is 0 Å². The lowest BCUT2D eigenvalue weighted by molar-refractivity contribution is 0.151. The Labute approximate surface area is 127 Å². The first-order chi connectivity index (χ1) is 10.0. The fourth-order valence-corrected chi connectivity index (χ4v) is 3.29. The van der Waals surface area contributed by atoms with Crippen molar-refractivity contribution in [2.45, 2.75) is 25.8 Å². The summed E-state index contributed by atoms with van der Waals surface area (Å²) >= 11 is 0. The summed E-state index contributed by atoms with van der Waals surface area (Å²) < 4.78 is 13.5. The molecule has 2 N–H and O–H groups in total. The van der Waals surface area contributed by atoms with E-state index in [1.807, 2.05) is 13.0 Å². The third-order valence-corrected chi connectivity index (χ3v) is 4.74. The fourth-order valence-electron chi connectivity index (χ4n) is 3.29. The van der Waals surface area contributed by atoms with Gasteiger partial charge < -0.3 is 10.6 Å². The lowest BCUT2D eigenvalue weighted by Crippen LogP contribution is -2.39. The van der Waals surface area contributed by atoms with Gasteiger partial charge >= 0.3 is 0 Å². The lowest BCUT2D eigenvalue weighted by atomic mass is 9.94. The number of aryl methyl sites for hydroxylation is 1. The van der Waals surface area contributed by atoms with Crippen LogP contribution in [0.2, 0.25) is 0 Å². The Kier molecular flexibility index (Phi) is 5.73. The van der Waals surface area contributed by atoms with Crippen LogP contribution < -0.4 is 5.73 Å². The van der Waals surface area contributed by atoms with Gasteiger partial charge in [-0.05, 0) is 76.1 Å². The van der Waals surface area contributed by atoms with E-state index in [2.05, 4.69) is 23.9 Å². The maximum Gasteiger partial charge on any atom is 0.123 e. The summed E-state index contributed by atoms with van der Waals surface area (Å²) in [6.45, 7) is 5.93. The maximum atomic E-state index is 13.5. The zero-order chi connectivity index (χ0) is 15.4. The van der Waals surface area contributed by atoms with Gasteiger partial charge in [0, 0.05) is 19.1 Å². The average molecular weight is 293 g/mol. The van der Waals surface area contributed by atoms with Crippen LogP contribution >= 0.6 is 0 Å². The first-order valence-corrected chi connectivity index (χ1v) is 7.86. The molecule has 0 aliphatic carbocycles. The van der Waals surface area contributed by atoms with Crippen LogP contribution in [0.4, 0.5) is 4.39 Å². The van der Waals surface area contributed by atoms with Gasteiger partial charge in [0.05, 0.1) is 0 Å². The van der Waals surface area contributed by atoms with E-state index < -0.39 is 0 Å². The van der Waals surface area contributed by atoms with Gasteiger partial charge in [-0.3, -0.25) is 4.90 Å². The molecule has 1 saturated heterocycles. The van der Waals surface area contributed by atoms with Crippen LogP contribution in [0.3, 0.4) is 0 Å². The van der Waals surface area contributed by atoms with Crippen LogP contribution in [0.5, 0.6) is 0 Å². The van der Waals surface area contributed by atoms with Gasteiger partial charge in [0.2, 0.25) is 0 Å². The summed E-state index contributed by atoms with van der Waals surface area (Å²) in [6.07, 6.45) is 2.47. The van der Waals surface area contributed by atoms with E-state index >= 15 is 0 Å². The smallest absolute Gasteiger partial charge is 0.123 e. The Balaban J connectivity index is 2.04. The molecule has 1 unspecified atom stereocenters. The van der Waals surface area contributed by atoms with Crippen LogP contribution in [0.1, 0.15) is 30.0 Å². The summed E-state index contributed by atoms with van der Waals surface area (Å²) in [5.41, 5.74) is 8.11. The van der Waals surface area contributed by atoms with E-state index in [0.717, 1.165) is 17.7 Å². The Bertz CT molecular complexity index is 455. The molecular formula is C17H28FN3. The molecule has 21 heavy (non-hydrogen) atoms. The third-order valence-electron chi connectivity index (χ3n) is 4.74. The second-order valence-electron chi connectivity index (χ2n) is 6.44. The van der Waals surface area contributed by atoms with Gasteiger partial charge in [-0.2, -0.15) is 0 Å². The van der Waals surface area contributed by atoms with Crippen LogP contribution in [0.15, 0.2) is 18.2 Å². The van der Waals surface area contributed by atoms with Crippen molar-refractivity contribution in [2.24, 2.45) is 11.7 Å². The predicted octanol–water partition coefficient (Wildman–Crippen LogP) is 2.41. The quantitative estimate of drug-likeness (QED) is 0.905. The minimum absolute atomic E-state index is 0.0976. The number of nitrogens with zero attached hydrogens (tertiary/aromatic N) is 2. The van der Waals surface area contributed by atoms with Gasteiger partial charge in [-0.15, -0.1) is 0 Å². The molecule has 0 saturated carbocycles. The average Bonchev–Trinajstić information content (AvgIpc) is 2.46. The second kappa shape index (κ2) is 7.34. The molecule has 0 radical (unpaired) electrons. The fraction of sp³-hybridized carbons (Fsp3) is 0.647. The molecule has 1 fully saturated rings. The van der Waals surface area contributed by atoms with Gasteiger partial charge in [-0.1, -0.05) is 6.07 Å². The minimum atomic E-state index is -0.179. The van der Waals surface area contributed by atoms with Crippen molar-refractivity contribution in [1.82, 2.24) is 9.80 Å². The number of benzene rings is 1. The van der Waals surface area contributed by atoms with E-state index in [1.165, 1.54) is 32.0 Å². The third kappa shape index (κ3) is 4.25. The number of likely N-dealkylation sites (tertiary alicyclic amines) is 1. The van der Waals surface area contributed by atoms with Crippen molar-refractivity contribution in [1.29, 1.82) is 0 Å². The van der Waals surface area contributed by atoms with Crippen molar-refractivity contribution < 1.29 is 4.39 Å². The Morgan fingerprint density at radius 2 is 2.05 bits per heavy atom. The maximum absolute atomic E-state index is 13.5. The molecule has 1 heterocycles. The van der Waals surface area contributed by atoms with Crippen molar-refractivity contribution >= 4 is 0 Å². The molecule has 1 aliphatic rings. The first kappa shape index (κ1) is 16.4. The predicted molar refractivity (Wildman–Crippen MR) is 85.8 cm³/mol. The highest BCUT2D eigenvalue weighted by Gasteiger charge is 2.23. The number of nitrogens with two attached hydrogens (primary N) is 1. The van der Waals surface area contributed by atoms with Crippen molar-refractivity contribution in [3.63, 3.8) is 0 Å². The standard InChI is InChI=1S/C17H28FN3/c1-13-4-5-15(18)10-16(13)17(11-19)21(3)12-14-6-8-20(2)9-7-14/h4-5,10,14,17H,6-9,11-12,19H2,1-3H3. The highest BCUT2D eigenvalue weighted by molar-refractivity contribution is 5.30. The molecule has 4 heteroatoms. The van der Waals surface area contributed by atoms with Gasteiger partial charge in [-0.25, -0.2) is 4.39 Å². The van der Waals surface area contributed by atoms with Crippen molar-refractivity contribution in [2.75, 3.05) is 40.3 Å². The number of hydrogen-bond acceptors (Lipinski definition) is 3. The van der Waals surface area contributed by atoms with E-state index in [0.29, 0.717) is 12.5 Å². The summed E-state index contributed by atoms with van der Waals surface area (Å²) in [4.78, 5) is 4.69. The molecule has 1 atom stereocenters. The Morgan fingerprint density at radius 3 is 2.67 bits per heavy atom. The molecule has 0 bridgehead atoms. The van der Waals surface area contributed by atoms with Gasteiger partial charge in [0.25, 0.3) is 0 Å². The molecular weight excluding hydrogens is 265 g/mol. The number of hydrogen-bond donors (Lipinski definition) is 1. The highest BCUT2D eigenvalue weighted by atomic mass is 19.1. The summed E-state index contributed by atoms with van der Waals surface area (Å²) in [5.74, 6) is 0.538. The summed E-state index contributed by atoms with van der Waals surface area (Å²) in [6, 6.07) is 5.10. The molecule has 0 amide bonds. The van der Waals surface area contributed by atoms with Crippen LogP contribution in [0, 0.1) is 18.7 Å². The van der Waals surface area contributed by atoms with E-state index in [1.54, 1.807) is 6.07 Å². The molecule has 0 spiro atoms. The number of halogens is 1. The normalized spacial score (nSPS) is 19.1.